The van der Waals surface area contributed by atoms with Crippen LogP contribution in [0.5, 0.6) is 0 Å². The van der Waals surface area contributed by atoms with Gasteiger partial charge in [0.05, 0.1) is 25.5 Å². The molecule has 0 saturated heterocycles. The highest BCUT2D eigenvalue weighted by Gasteiger charge is 2.13. The third-order valence-corrected chi connectivity index (χ3v) is 4.05. The van der Waals surface area contributed by atoms with Crippen LogP contribution in [-0.4, -0.2) is 25.3 Å². The number of aliphatic hydroxyl groups excluding tert-OH is 1. The second-order valence-electron chi connectivity index (χ2n) is 5.56. The quantitative estimate of drug-likeness (QED) is 0.628. The summed E-state index contributed by atoms with van der Waals surface area (Å²) in [6, 6.07) is 16.7. The van der Waals surface area contributed by atoms with E-state index in [-0.39, 0.29) is 0 Å². The van der Waals surface area contributed by atoms with Crippen LogP contribution in [0.15, 0.2) is 67.3 Å². The van der Waals surface area contributed by atoms with E-state index >= 15 is 0 Å². The van der Waals surface area contributed by atoms with Crippen molar-refractivity contribution in [1.29, 1.82) is 0 Å². The van der Waals surface area contributed by atoms with Gasteiger partial charge in [0.25, 0.3) is 0 Å². The number of nitrogens with zero attached hydrogens (tertiary/aromatic N) is 3. The van der Waals surface area contributed by atoms with Crippen molar-refractivity contribution in [1.82, 2.24) is 14.1 Å². The Labute approximate surface area is 128 Å². The lowest BCUT2D eigenvalue weighted by molar-refractivity contribution is 0.137. The molecule has 0 saturated carbocycles. The molecule has 110 valence electrons. The second-order valence-corrected chi connectivity index (χ2v) is 5.56. The average molecular weight is 291 g/mol. The Kier molecular flexibility index (Phi) is 3.16. The summed E-state index contributed by atoms with van der Waals surface area (Å²) in [5.41, 5.74) is 2.32. The van der Waals surface area contributed by atoms with Gasteiger partial charge >= 0.3 is 0 Å². The standard InChI is InChI=1S/C18H17N3O/c22-14(11-20-10-9-19-13-20)12-21-17-7-3-1-5-15(17)16-6-2-4-8-18(16)21/h1-10,13-14,22H,11-12H2/t14-/m1/s1. The van der Waals surface area contributed by atoms with Crippen LogP contribution >= 0.6 is 0 Å². The van der Waals surface area contributed by atoms with E-state index in [1.165, 1.54) is 10.8 Å². The van der Waals surface area contributed by atoms with Crippen LogP contribution in [0.2, 0.25) is 0 Å². The molecule has 4 heteroatoms. The van der Waals surface area contributed by atoms with E-state index in [4.69, 9.17) is 0 Å². The molecule has 0 aliphatic heterocycles. The van der Waals surface area contributed by atoms with Gasteiger partial charge in [0.2, 0.25) is 0 Å². The van der Waals surface area contributed by atoms with E-state index in [1.807, 2.05) is 22.9 Å². The van der Waals surface area contributed by atoms with Crippen molar-refractivity contribution in [3.63, 3.8) is 0 Å². The number of hydrogen-bond acceptors (Lipinski definition) is 2. The van der Waals surface area contributed by atoms with Gasteiger partial charge in [0, 0.05) is 34.2 Å². The zero-order valence-corrected chi connectivity index (χ0v) is 12.1. The Morgan fingerprint density at radius 2 is 1.55 bits per heavy atom. The van der Waals surface area contributed by atoms with Crippen molar-refractivity contribution < 1.29 is 5.11 Å². The lowest BCUT2D eigenvalue weighted by Crippen LogP contribution is -2.21. The Hall–Kier alpha value is -2.59. The highest BCUT2D eigenvalue weighted by atomic mass is 16.3. The van der Waals surface area contributed by atoms with Gasteiger partial charge in [-0.05, 0) is 12.1 Å². The lowest BCUT2D eigenvalue weighted by atomic mass is 10.2. The zero-order chi connectivity index (χ0) is 14.9. The Balaban J connectivity index is 1.76. The van der Waals surface area contributed by atoms with Gasteiger partial charge in [-0.1, -0.05) is 36.4 Å². The van der Waals surface area contributed by atoms with Crippen LogP contribution < -0.4 is 0 Å². The third-order valence-electron chi connectivity index (χ3n) is 4.05. The molecule has 2 aromatic heterocycles. The Bertz CT molecular complexity index is 855. The number of benzene rings is 2. The fourth-order valence-corrected chi connectivity index (χ4v) is 3.11. The third kappa shape index (κ3) is 2.18. The summed E-state index contributed by atoms with van der Waals surface area (Å²) in [4.78, 5) is 4.02. The monoisotopic (exact) mass is 291 g/mol. The largest absolute Gasteiger partial charge is 0.389 e. The van der Waals surface area contributed by atoms with E-state index in [9.17, 15) is 5.11 Å². The van der Waals surface area contributed by atoms with Gasteiger partial charge in [-0.3, -0.25) is 0 Å². The summed E-state index contributed by atoms with van der Waals surface area (Å²) in [7, 11) is 0. The van der Waals surface area contributed by atoms with Gasteiger partial charge in [0.1, 0.15) is 0 Å². The first kappa shape index (κ1) is 13.1. The molecule has 4 aromatic rings. The Morgan fingerprint density at radius 3 is 2.14 bits per heavy atom. The van der Waals surface area contributed by atoms with Crippen molar-refractivity contribution in [2.75, 3.05) is 0 Å². The normalized spacial score (nSPS) is 13.0. The summed E-state index contributed by atoms with van der Waals surface area (Å²) >= 11 is 0. The number of aliphatic hydroxyl groups is 1. The summed E-state index contributed by atoms with van der Waals surface area (Å²) in [5, 5.41) is 12.9. The van der Waals surface area contributed by atoms with Crippen LogP contribution in [0.25, 0.3) is 21.8 Å². The highest BCUT2D eigenvalue weighted by Crippen LogP contribution is 2.28. The zero-order valence-electron chi connectivity index (χ0n) is 12.1. The van der Waals surface area contributed by atoms with Gasteiger partial charge < -0.3 is 14.2 Å². The van der Waals surface area contributed by atoms with Gasteiger partial charge in [0.15, 0.2) is 0 Å². The molecule has 2 aromatic carbocycles. The number of hydrogen-bond donors (Lipinski definition) is 1. The van der Waals surface area contributed by atoms with E-state index < -0.39 is 6.10 Å². The first-order chi connectivity index (χ1) is 10.8. The van der Waals surface area contributed by atoms with Crippen LogP contribution in [0, 0.1) is 0 Å². The number of rotatable bonds is 4. The van der Waals surface area contributed by atoms with E-state index in [2.05, 4.69) is 45.9 Å². The van der Waals surface area contributed by atoms with Crippen LogP contribution in [-0.2, 0) is 13.1 Å². The van der Waals surface area contributed by atoms with E-state index in [1.54, 1.807) is 12.5 Å². The minimum Gasteiger partial charge on any atom is -0.389 e. The summed E-state index contributed by atoms with van der Waals surface area (Å²) in [6.45, 7) is 1.10. The predicted octanol–water partition coefficient (Wildman–Crippen LogP) is 3.05. The van der Waals surface area contributed by atoms with Crippen molar-refractivity contribution in [3.05, 3.63) is 67.3 Å². The fraction of sp³-hybridized carbons (Fsp3) is 0.167. The number of aromatic nitrogens is 3. The molecule has 0 unspecified atom stereocenters. The highest BCUT2D eigenvalue weighted by molar-refractivity contribution is 6.07. The summed E-state index contributed by atoms with van der Waals surface area (Å²) in [5.74, 6) is 0. The van der Waals surface area contributed by atoms with Crippen LogP contribution in [0.4, 0.5) is 0 Å². The maximum atomic E-state index is 10.4. The van der Waals surface area contributed by atoms with E-state index in [0.717, 1.165) is 11.0 Å². The minimum absolute atomic E-state index is 0.464. The predicted molar refractivity (Wildman–Crippen MR) is 87.7 cm³/mol. The fourth-order valence-electron chi connectivity index (χ4n) is 3.11. The molecule has 4 rings (SSSR count). The van der Waals surface area contributed by atoms with E-state index in [0.29, 0.717) is 13.1 Å². The summed E-state index contributed by atoms with van der Waals surface area (Å²) in [6.07, 6.45) is 4.87. The smallest absolute Gasteiger partial charge is 0.0946 e. The van der Waals surface area contributed by atoms with Crippen molar-refractivity contribution >= 4 is 21.8 Å². The molecule has 1 N–H and O–H groups in total. The molecule has 0 amide bonds. The molecular weight excluding hydrogens is 274 g/mol. The van der Waals surface area contributed by atoms with Crippen LogP contribution in [0.1, 0.15) is 0 Å². The molecule has 0 aliphatic carbocycles. The molecule has 0 bridgehead atoms. The first-order valence-electron chi connectivity index (χ1n) is 7.43. The minimum atomic E-state index is -0.464. The Morgan fingerprint density at radius 1 is 0.909 bits per heavy atom. The summed E-state index contributed by atoms with van der Waals surface area (Å²) < 4.78 is 4.10. The molecule has 0 aliphatic rings. The van der Waals surface area contributed by atoms with Gasteiger partial charge in [-0.2, -0.15) is 0 Å². The first-order valence-corrected chi connectivity index (χ1v) is 7.43. The van der Waals surface area contributed by atoms with Crippen molar-refractivity contribution in [2.45, 2.75) is 19.2 Å². The SMILES string of the molecule is O[C@H](Cn1ccnc1)Cn1c2ccccc2c2ccccc21. The molecular formula is C18H17N3O. The van der Waals surface area contributed by atoms with Gasteiger partial charge in [-0.15, -0.1) is 0 Å². The number of para-hydroxylation sites is 2. The number of fused-ring (bicyclic) bond motifs is 3. The van der Waals surface area contributed by atoms with Crippen molar-refractivity contribution in [2.24, 2.45) is 0 Å². The molecule has 1 atom stereocenters. The molecule has 2 heterocycles. The molecule has 0 spiro atoms. The average Bonchev–Trinajstić information content (AvgIpc) is 3.15. The lowest BCUT2D eigenvalue weighted by Gasteiger charge is -2.14. The van der Waals surface area contributed by atoms with Crippen LogP contribution in [0.3, 0.4) is 0 Å². The maximum absolute atomic E-state index is 10.4. The second kappa shape index (κ2) is 5.31. The van der Waals surface area contributed by atoms with Crippen molar-refractivity contribution in [3.8, 4) is 0 Å². The van der Waals surface area contributed by atoms with Gasteiger partial charge in [-0.25, -0.2) is 4.98 Å². The molecule has 0 fully saturated rings. The topological polar surface area (TPSA) is 43.0 Å². The molecule has 4 nitrogen and oxygen atoms in total. The molecule has 0 radical (unpaired) electrons. The maximum Gasteiger partial charge on any atom is 0.0946 e. The number of imidazole rings is 1. The molecule has 22 heavy (non-hydrogen) atoms.